The lowest BCUT2D eigenvalue weighted by molar-refractivity contribution is 0.586. The number of nitrogens with zero attached hydrogens (tertiary/aromatic N) is 1. The molecule has 0 bridgehead atoms. The first-order chi connectivity index (χ1) is 8.08. The van der Waals surface area contributed by atoms with Crippen LogP contribution in [0.1, 0.15) is 28.4 Å². The molecule has 17 heavy (non-hydrogen) atoms. The van der Waals surface area contributed by atoms with Crippen LogP contribution < -0.4 is 5.73 Å². The summed E-state index contributed by atoms with van der Waals surface area (Å²) in [5.41, 5.74) is 9.47. The summed E-state index contributed by atoms with van der Waals surface area (Å²) in [6, 6.07) is 8.41. The van der Waals surface area contributed by atoms with E-state index in [9.17, 15) is 4.39 Å². The number of hydrogen-bond donors (Lipinski definition) is 1. The van der Waals surface area contributed by atoms with Crippen LogP contribution in [0.5, 0.6) is 0 Å². The normalized spacial score (nSPS) is 12.5. The Morgan fingerprint density at radius 3 is 2.41 bits per heavy atom. The zero-order valence-electron chi connectivity index (χ0n) is 9.94. The second-order valence-electron chi connectivity index (χ2n) is 4.27. The van der Waals surface area contributed by atoms with Crippen molar-refractivity contribution < 1.29 is 4.39 Å². The Hall–Kier alpha value is -1.74. The molecule has 88 valence electrons. The molecule has 0 saturated carbocycles. The fraction of sp³-hybridized carbons (Fsp3) is 0.214. The third kappa shape index (κ3) is 2.50. The van der Waals surface area contributed by atoms with Crippen molar-refractivity contribution in [3.63, 3.8) is 0 Å². The first kappa shape index (κ1) is 11.7. The maximum Gasteiger partial charge on any atom is 0.146 e. The van der Waals surface area contributed by atoms with Gasteiger partial charge in [0, 0.05) is 6.20 Å². The minimum absolute atomic E-state index is 0.289. The number of halogens is 1. The quantitative estimate of drug-likeness (QED) is 0.861. The average molecular weight is 230 g/mol. The van der Waals surface area contributed by atoms with Crippen molar-refractivity contribution >= 4 is 0 Å². The molecule has 0 aliphatic carbocycles. The highest BCUT2D eigenvalue weighted by Crippen LogP contribution is 2.22. The summed E-state index contributed by atoms with van der Waals surface area (Å²) in [6.45, 7) is 4.00. The monoisotopic (exact) mass is 230 g/mol. The predicted molar refractivity (Wildman–Crippen MR) is 66.1 cm³/mol. The van der Waals surface area contributed by atoms with Gasteiger partial charge in [0.1, 0.15) is 5.82 Å². The van der Waals surface area contributed by atoms with Gasteiger partial charge >= 0.3 is 0 Å². The highest BCUT2D eigenvalue weighted by Gasteiger charge is 2.15. The SMILES string of the molecule is Cc1cc(C)cc(C(N)c2ncccc2F)c1. The van der Waals surface area contributed by atoms with Gasteiger partial charge in [0.25, 0.3) is 0 Å². The fourth-order valence-corrected chi connectivity index (χ4v) is 1.97. The maximum absolute atomic E-state index is 13.6. The Morgan fingerprint density at radius 2 is 1.82 bits per heavy atom. The largest absolute Gasteiger partial charge is 0.319 e. The number of hydrogen-bond acceptors (Lipinski definition) is 2. The molecule has 1 aromatic heterocycles. The van der Waals surface area contributed by atoms with Crippen LogP contribution in [0.4, 0.5) is 4.39 Å². The molecule has 0 spiro atoms. The average Bonchev–Trinajstić information content (AvgIpc) is 2.27. The lowest BCUT2D eigenvalue weighted by Gasteiger charge is -2.13. The lowest BCUT2D eigenvalue weighted by Crippen LogP contribution is -2.15. The number of pyridine rings is 1. The van der Waals surface area contributed by atoms with E-state index >= 15 is 0 Å². The Labute approximate surface area is 100 Å². The van der Waals surface area contributed by atoms with Gasteiger partial charge in [-0.25, -0.2) is 4.39 Å². The fourth-order valence-electron chi connectivity index (χ4n) is 1.97. The van der Waals surface area contributed by atoms with Crippen molar-refractivity contribution in [2.75, 3.05) is 0 Å². The first-order valence-electron chi connectivity index (χ1n) is 5.52. The van der Waals surface area contributed by atoms with E-state index in [1.807, 2.05) is 26.0 Å². The minimum Gasteiger partial charge on any atom is -0.319 e. The van der Waals surface area contributed by atoms with E-state index in [1.165, 1.54) is 6.07 Å². The van der Waals surface area contributed by atoms with Crippen molar-refractivity contribution in [2.24, 2.45) is 5.73 Å². The van der Waals surface area contributed by atoms with E-state index in [0.717, 1.165) is 16.7 Å². The van der Waals surface area contributed by atoms with Crippen LogP contribution in [0.25, 0.3) is 0 Å². The van der Waals surface area contributed by atoms with E-state index in [4.69, 9.17) is 5.73 Å². The molecule has 0 aliphatic rings. The van der Waals surface area contributed by atoms with Crippen molar-refractivity contribution in [1.29, 1.82) is 0 Å². The molecule has 2 N–H and O–H groups in total. The number of aryl methyl sites for hydroxylation is 2. The Bertz CT molecular complexity index is 517. The standard InChI is InChI=1S/C14H15FN2/c1-9-6-10(2)8-11(7-9)13(16)14-12(15)4-3-5-17-14/h3-8,13H,16H2,1-2H3. The second-order valence-corrected chi connectivity index (χ2v) is 4.27. The van der Waals surface area contributed by atoms with Crippen LogP contribution in [0.3, 0.4) is 0 Å². The molecule has 2 aromatic rings. The molecular formula is C14H15FN2. The van der Waals surface area contributed by atoms with Gasteiger partial charge in [0.15, 0.2) is 0 Å². The molecular weight excluding hydrogens is 215 g/mol. The molecule has 1 unspecified atom stereocenters. The van der Waals surface area contributed by atoms with Gasteiger partial charge in [-0.2, -0.15) is 0 Å². The van der Waals surface area contributed by atoms with Crippen LogP contribution in [-0.4, -0.2) is 4.98 Å². The zero-order valence-corrected chi connectivity index (χ0v) is 9.94. The number of benzene rings is 1. The van der Waals surface area contributed by atoms with Gasteiger partial charge in [-0.05, 0) is 31.5 Å². The van der Waals surface area contributed by atoms with Gasteiger partial charge in [-0.3, -0.25) is 4.98 Å². The smallest absolute Gasteiger partial charge is 0.146 e. The minimum atomic E-state index is -0.519. The molecule has 1 heterocycles. The number of rotatable bonds is 2. The molecule has 3 heteroatoms. The third-order valence-corrected chi connectivity index (χ3v) is 2.68. The van der Waals surface area contributed by atoms with Gasteiger partial charge in [-0.15, -0.1) is 0 Å². The lowest BCUT2D eigenvalue weighted by atomic mass is 9.99. The summed E-state index contributed by atoms with van der Waals surface area (Å²) in [5.74, 6) is -0.362. The summed E-state index contributed by atoms with van der Waals surface area (Å²) in [6.07, 6.45) is 1.56. The number of nitrogens with two attached hydrogens (primary N) is 1. The van der Waals surface area contributed by atoms with Crippen molar-refractivity contribution in [1.82, 2.24) is 4.98 Å². The van der Waals surface area contributed by atoms with Crippen LogP contribution >= 0.6 is 0 Å². The Balaban J connectivity index is 2.43. The molecule has 0 fully saturated rings. The van der Waals surface area contributed by atoms with E-state index in [-0.39, 0.29) is 11.5 Å². The highest BCUT2D eigenvalue weighted by atomic mass is 19.1. The summed E-state index contributed by atoms with van der Waals surface area (Å²) in [7, 11) is 0. The molecule has 0 amide bonds. The molecule has 1 atom stereocenters. The van der Waals surface area contributed by atoms with E-state index in [0.29, 0.717) is 0 Å². The van der Waals surface area contributed by atoms with Gasteiger partial charge in [-0.1, -0.05) is 29.3 Å². The maximum atomic E-state index is 13.6. The van der Waals surface area contributed by atoms with Crippen LogP contribution in [-0.2, 0) is 0 Å². The third-order valence-electron chi connectivity index (χ3n) is 2.68. The number of aromatic nitrogens is 1. The summed E-state index contributed by atoms with van der Waals surface area (Å²) in [5, 5.41) is 0. The molecule has 2 nitrogen and oxygen atoms in total. The Morgan fingerprint density at radius 1 is 1.18 bits per heavy atom. The summed E-state index contributed by atoms with van der Waals surface area (Å²) < 4.78 is 13.6. The van der Waals surface area contributed by atoms with Crippen LogP contribution in [0, 0.1) is 19.7 Å². The van der Waals surface area contributed by atoms with Crippen molar-refractivity contribution in [3.8, 4) is 0 Å². The first-order valence-corrected chi connectivity index (χ1v) is 5.52. The van der Waals surface area contributed by atoms with Gasteiger partial charge in [0.2, 0.25) is 0 Å². The van der Waals surface area contributed by atoms with E-state index < -0.39 is 6.04 Å². The molecule has 0 saturated heterocycles. The van der Waals surface area contributed by atoms with Gasteiger partial charge < -0.3 is 5.73 Å². The van der Waals surface area contributed by atoms with Crippen molar-refractivity contribution in [3.05, 3.63) is 64.7 Å². The molecule has 0 aliphatic heterocycles. The van der Waals surface area contributed by atoms with Crippen molar-refractivity contribution in [2.45, 2.75) is 19.9 Å². The predicted octanol–water partition coefficient (Wildman–Crippen LogP) is 2.89. The molecule has 0 radical (unpaired) electrons. The van der Waals surface area contributed by atoms with E-state index in [2.05, 4.69) is 11.1 Å². The summed E-state index contributed by atoms with van der Waals surface area (Å²) in [4.78, 5) is 4.01. The van der Waals surface area contributed by atoms with E-state index in [1.54, 1.807) is 12.3 Å². The zero-order chi connectivity index (χ0) is 12.4. The topological polar surface area (TPSA) is 38.9 Å². The highest BCUT2D eigenvalue weighted by molar-refractivity contribution is 5.34. The van der Waals surface area contributed by atoms with Gasteiger partial charge in [0.05, 0.1) is 11.7 Å². The molecule has 1 aromatic carbocycles. The van der Waals surface area contributed by atoms with Crippen LogP contribution in [0.15, 0.2) is 36.5 Å². The molecule has 2 rings (SSSR count). The Kier molecular flexibility index (Phi) is 3.20. The summed E-state index contributed by atoms with van der Waals surface area (Å²) >= 11 is 0. The van der Waals surface area contributed by atoms with Crippen LogP contribution in [0.2, 0.25) is 0 Å². The second kappa shape index (κ2) is 4.63.